The molecule has 2 aromatic carbocycles. The first-order valence-corrected chi connectivity index (χ1v) is 9.97. The summed E-state index contributed by atoms with van der Waals surface area (Å²) in [6.45, 7) is 5.57. The van der Waals surface area contributed by atoms with Gasteiger partial charge < -0.3 is 24.8 Å². The van der Waals surface area contributed by atoms with Crippen LogP contribution in [0.25, 0.3) is 0 Å². The number of anilines is 1. The van der Waals surface area contributed by atoms with Crippen molar-refractivity contribution in [3.05, 3.63) is 60.2 Å². The molecular weight excluding hydrogens is 384 g/mol. The fourth-order valence-electron chi connectivity index (χ4n) is 3.26. The average Bonchev–Trinajstić information content (AvgIpc) is 2.86. The molecule has 0 aliphatic carbocycles. The number of nitrogens with one attached hydrogen (secondary N) is 1. The fraction of sp³-hybridized carbons (Fsp3) is 0.391. The monoisotopic (exact) mass is 412 g/mol. The van der Waals surface area contributed by atoms with Crippen molar-refractivity contribution in [2.45, 2.75) is 44.9 Å². The van der Waals surface area contributed by atoms with E-state index in [2.05, 4.69) is 5.32 Å². The molecule has 7 nitrogen and oxygen atoms in total. The molecular formula is C23H28N2O5. The van der Waals surface area contributed by atoms with Crippen molar-refractivity contribution >= 4 is 17.7 Å². The summed E-state index contributed by atoms with van der Waals surface area (Å²) < 4.78 is 11.0. The van der Waals surface area contributed by atoms with E-state index in [1.165, 1.54) is 4.90 Å². The summed E-state index contributed by atoms with van der Waals surface area (Å²) in [5, 5.41) is 13.0. The zero-order valence-electron chi connectivity index (χ0n) is 17.5. The molecule has 0 fully saturated rings. The number of alkyl carbamates (subject to hydrolysis) is 1. The van der Waals surface area contributed by atoms with Gasteiger partial charge in [-0.1, -0.05) is 42.5 Å². The zero-order chi connectivity index (χ0) is 21.7. The molecule has 0 aromatic heterocycles. The number of aliphatic hydroxyl groups is 1. The van der Waals surface area contributed by atoms with Crippen molar-refractivity contribution in [3.63, 3.8) is 0 Å². The Bertz CT molecular complexity index is 879. The van der Waals surface area contributed by atoms with Gasteiger partial charge in [0.1, 0.15) is 24.1 Å². The highest BCUT2D eigenvalue weighted by molar-refractivity contribution is 5.95. The number of amides is 2. The summed E-state index contributed by atoms with van der Waals surface area (Å²) in [6, 6.07) is 15.9. The van der Waals surface area contributed by atoms with E-state index in [9.17, 15) is 14.7 Å². The Hall–Kier alpha value is -3.06. The molecule has 1 heterocycles. The van der Waals surface area contributed by atoms with Gasteiger partial charge in [-0.3, -0.25) is 4.79 Å². The maximum Gasteiger partial charge on any atom is 0.408 e. The Morgan fingerprint density at radius 2 is 1.83 bits per heavy atom. The van der Waals surface area contributed by atoms with Crippen LogP contribution in [0.4, 0.5) is 10.5 Å². The number of carbonyl (C=O) groups excluding carboxylic acids is 2. The lowest BCUT2D eigenvalue weighted by Gasteiger charge is -2.27. The third-order valence-corrected chi connectivity index (χ3v) is 4.55. The maximum absolute atomic E-state index is 13.3. The quantitative estimate of drug-likeness (QED) is 0.803. The van der Waals surface area contributed by atoms with Crippen LogP contribution in [0, 0.1) is 0 Å². The third kappa shape index (κ3) is 5.73. The Morgan fingerprint density at radius 3 is 2.53 bits per heavy atom. The van der Waals surface area contributed by atoms with Crippen LogP contribution in [0.15, 0.2) is 54.6 Å². The molecule has 160 valence electrons. The summed E-state index contributed by atoms with van der Waals surface area (Å²) in [4.78, 5) is 27.2. The molecule has 3 rings (SSSR count). The molecule has 7 heteroatoms. The number of benzene rings is 2. The first-order valence-electron chi connectivity index (χ1n) is 9.97. The Morgan fingerprint density at radius 1 is 1.17 bits per heavy atom. The molecule has 0 radical (unpaired) electrons. The van der Waals surface area contributed by atoms with Crippen LogP contribution in [0.3, 0.4) is 0 Å². The van der Waals surface area contributed by atoms with Gasteiger partial charge in [-0.25, -0.2) is 4.79 Å². The summed E-state index contributed by atoms with van der Waals surface area (Å²) in [7, 11) is 0. The topological polar surface area (TPSA) is 88.1 Å². The molecule has 2 atom stereocenters. The summed E-state index contributed by atoms with van der Waals surface area (Å²) in [5.74, 6) is 0.302. The number of carbonyl (C=O) groups is 2. The summed E-state index contributed by atoms with van der Waals surface area (Å²) in [6.07, 6.45) is -1.40. The smallest absolute Gasteiger partial charge is 0.408 e. The number of nitrogens with zero attached hydrogens (tertiary/aromatic N) is 1. The normalized spacial score (nSPS) is 17.2. The standard InChI is InChI=1S/C23H28N2O5/c1-23(2,3)30-22(28)24-18(16-9-5-4-6-10-16)13-21(27)25-14-17(26)15-29-20-12-8-7-11-19(20)25/h4-12,17-18,26H,13-15H2,1-3H3,(H,24,28). The summed E-state index contributed by atoms with van der Waals surface area (Å²) >= 11 is 0. The van der Waals surface area contributed by atoms with Crippen LogP contribution in [0.5, 0.6) is 5.75 Å². The summed E-state index contributed by atoms with van der Waals surface area (Å²) in [5.41, 5.74) is 0.736. The first kappa shape index (κ1) is 21.6. The molecule has 2 aromatic rings. The molecule has 2 unspecified atom stereocenters. The lowest BCUT2D eigenvalue weighted by molar-refractivity contribution is -0.119. The van der Waals surface area contributed by atoms with Gasteiger partial charge in [0.2, 0.25) is 5.91 Å². The highest BCUT2D eigenvalue weighted by atomic mass is 16.6. The molecule has 30 heavy (non-hydrogen) atoms. The number of ether oxygens (including phenoxy) is 2. The van der Waals surface area contributed by atoms with Gasteiger partial charge in [0.15, 0.2) is 0 Å². The molecule has 0 bridgehead atoms. The van der Waals surface area contributed by atoms with E-state index in [4.69, 9.17) is 9.47 Å². The van der Waals surface area contributed by atoms with Crippen LogP contribution in [0.1, 0.15) is 38.8 Å². The van der Waals surface area contributed by atoms with Crippen molar-refractivity contribution in [1.82, 2.24) is 5.32 Å². The van der Waals surface area contributed by atoms with Crippen LogP contribution < -0.4 is 15.0 Å². The number of rotatable bonds is 4. The second-order valence-corrected chi connectivity index (χ2v) is 8.25. The Kier molecular flexibility index (Phi) is 6.62. The van der Waals surface area contributed by atoms with E-state index < -0.39 is 23.8 Å². The van der Waals surface area contributed by atoms with E-state index in [-0.39, 0.29) is 25.5 Å². The average molecular weight is 412 g/mol. The van der Waals surface area contributed by atoms with Gasteiger partial charge in [0, 0.05) is 0 Å². The van der Waals surface area contributed by atoms with Gasteiger partial charge in [0.05, 0.1) is 24.7 Å². The predicted octanol–water partition coefficient (Wildman–Crippen LogP) is 3.43. The molecule has 1 aliphatic rings. The second-order valence-electron chi connectivity index (χ2n) is 8.25. The zero-order valence-corrected chi connectivity index (χ0v) is 17.5. The van der Waals surface area contributed by atoms with Crippen molar-refractivity contribution < 1.29 is 24.2 Å². The second kappa shape index (κ2) is 9.17. The lowest BCUT2D eigenvalue weighted by atomic mass is 10.0. The first-order chi connectivity index (χ1) is 14.2. The van der Waals surface area contributed by atoms with Gasteiger partial charge in [-0.05, 0) is 38.5 Å². The van der Waals surface area contributed by atoms with Crippen molar-refractivity contribution in [2.24, 2.45) is 0 Å². The number of hydrogen-bond donors (Lipinski definition) is 2. The van der Waals surface area contributed by atoms with Crippen molar-refractivity contribution in [2.75, 3.05) is 18.1 Å². The maximum atomic E-state index is 13.3. The van der Waals surface area contributed by atoms with Crippen LogP contribution in [-0.2, 0) is 9.53 Å². The minimum atomic E-state index is -0.810. The minimum absolute atomic E-state index is 0.00428. The van der Waals surface area contributed by atoms with Crippen LogP contribution in [-0.4, -0.2) is 42.0 Å². The number of para-hydroxylation sites is 2. The highest BCUT2D eigenvalue weighted by Gasteiger charge is 2.29. The molecule has 0 saturated heterocycles. The Labute approximate surface area is 176 Å². The molecule has 2 amide bonds. The Balaban J connectivity index is 1.83. The van der Waals surface area contributed by atoms with Crippen LogP contribution >= 0.6 is 0 Å². The van der Waals surface area contributed by atoms with Gasteiger partial charge in [0.25, 0.3) is 0 Å². The van der Waals surface area contributed by atoms with E-state index in [0.29, 0.717) is 11.4 Å². The molecule has 2 N–H and O–H groups in total. The van der Waals surface area contributed by atoms with Crippen molar-refractivity contribution in [1.29, 1.82) is 0 Å². The van der Waals surface area contributed by atoms with E-state index in [1.54, 1.807) is 32.9 Å². The van der Waals surface area contributed by atoms with Gasteiger partial charge in [-0.15, -0.1) is 0 Å². The van der Waals surface area contributed by atoms with E-state index in [0.717, 1.165) is 5.56 Å². The number of aliphatic hydroxyl groups excluding tert-OH is 1. The highest BCUT2D eigenvalue weighted by Crippen LogP contribution is 2.32. The van der Waals surface area contributed by atoms with Gasteiger partial charge in [-0.2, -0.15) is 0 Å². The lowest BCUT2D eigenvalue weighted by Crippen LogP contribution is -2.41. The van der Waals surface area contributed by atoms with E-state index >= 15 is 0 Å². The largest absolute Gasteiger partial charge is 0.489 e. The SMILES string of the molecule is CC(C)(C)OC(=O)NC(CC(=O)N1CC(O)COc2ccccc21)c1ccccc1. The number of β-amino-alcohol motifs (C(OH)–C–C–N with tert-alkyl or cyclic N) is 1. The van der Waals surface area contributed by atoms with Gasteiger partial charge >= 0.3 is 6.09 Å². The molecule has 1 aliphatic heterocycles. The van der Waals surface area contributed by atoms with Crippen LogP contribution in [0.2, 0.25) is 0 Å². The van der Waals surface area contributed by atoms with E-state index in [1.807, 2.05) is 42.5 Å². The number of fused-ring (bicyclic) bond motifs is 1. The fourth-order valence-corrected chi connectivity index (χ4v) is 3.26. The molecule has 0 spiro atoms. The predicted molar refractivity (Wildman–Crippen MR) is 113 cm³/mol. The van der Waals surface area contributed by atoms with Crippen molar-refractivity contribution in [3.8, 4) is 5.75 Å². The number of hydrogen-bond acceptors (Lipinski definition) is 5. The molecule has 0 saturated carbocycles. The third-order valence-electron chi connectivity index (χ3n) is 4.55. The minimum Gasteiger partial charge on any atom is -0.489 e.